The van der Waals surface area contributed by atoms with Crippen LogP contribution in [-0.2, 0) is 6.54 Å². The lowest BCUT2D eigenvalue weighted by Gasteiger charge is -2.06. The fourth-order valence-corrected chi connectivity index (χ4v) is 1.86. The molecule has 1 heterocycles. The molecule has 0 bridgehead atoms. The minimum absolute atomic E-state index is 0.587. The van der Waals surface area contributed by atoms with E-state index in [1.54, 1.807) is 0 Å². The van der Waals surface area contributed by atoms with E-state index in [1.165, 1.54) is 17.3 Å². The molecule has 0 saturated carbocycles. The molecule has 0 aliphatic carbocycles. The van der Waals surface area contributed by atoms with E-state index in [9.17, 15) is 0 Å². The summed E-state index contributed by atoms with van der Waals surface area (Å²) < 4.78 is 2.31. The highest BCUT2D eigenvalue weighted by Gasteiger charge is 2.01. The summed E-state index contributed by atoms with van der Waals surface area (Å²) in [4.78, 5) is 0.587. The van der Waals surface area contributed by atoms with Gasteiger partial charge >= 0.3 is 0 Å². The minimum atomic E-state index is 0.587. The summed E-state index contributed by atoms with van der Waals surface area (Å²) in [5.41, 5.74) is 1.33. The number of para-hydroxylation sites is 1. The van der Waals surface area contributed by atoms with Gasteiger partial charge in [-0.2, -0.15) is 0 Å². The molecule has 0 saturated heterocycles. The van der Waals surface area contributed by atoms with E-state index >= 15 is 0 Å². The zero-order valence-electron chi connectivity index (χ0n) is 8.28. The third-order valence-electron chi connectivity index (χ3n) is 2.45. The maximum Gasteiger partial charge on any atom is 0.0480 e. The van der Waals surface area contributed by atoms with Gasteiger partial charge in [0, 0.05) is 23.1 Å². The monoisotopic (exact) mass is 251 g/mol. The zero-order chi connectivity index (χ0) is 9.97. The quantitative estimate of drug-likeness (QED) is 0.732. The number of nitrogens with zero attached hydrogens (tertiary/aromatic N) is 1. The number of benzene rings is 1. The molecular formula is C12H14BrN. The lowest BCUT2D eigenvalue weighted by Crippen LogP contribution is -2.00. The summed E-state index contributed by atoms with van der Waals surface area (Å²) in [5.74, 6) is 0. The van der Waals surface area contributed by atoms with Crippen LogP contribution < -0.4 is 0 Å². The zero-order valence-corrected chi connectivity index (χ0v) is 9.87. The molecule has 0 N–H and O–H groups in total. The van der Waals surface area contributed by atoms with Crippen LogP contribution >= 0.6 is 15.9 Å². The Labute approximate surface area is 92.9 Å². The number of aryl methyl sites for hydroxylation is 1. The highest BCUT2D eigenvalue weighted by atomic mass is 79.9. The molecule has 0 amide bonds. The molecule has 0 aliphatic rings. The van der Waals surface area contributed by atoms with Gasteiger partial charge in [0.15, 0.2) is 0 Å². The van der Waals surface area contributed by atoms with Gasteiger partial charge in [-0.05, 0) is 23.9 Å². The maximum atomic E-state index is 3.57. The summed E-state index contributed by atoms with van der Waals surface area (Å²) >= 11 is 3.57. The van der Waals surface area contributed by atoms with E-state index < -0.39 is 0 Å². The summed E-state index contributed by atoms with van der Waals surface area (Å²) in [7, 11) is 0. The van der Waals surface area contributed by atoms with Crippen LogP contribution in [0.2, 0.25) is 0 Å². The van der Waals surface area contributed by atoms with Crippen molar-refractivity contribution in [1.29, 1.82) is 0 Å². The number of aromatic nitrogens is 1. The molecule has 2 rings (SSSR count). The normalized spacial score (nSPS) is 13.3. The summed E-state index contributed by atoms with van der Waals surface area (Å²) in [6.45, 7) is 3.27. The number of hydrogen-bond acceptors (Lipinski definition) is 0. The van der Waals surface area contributed by atoms with Crippen LogP contribution in [0.1, 0.15) is 13.3 Å². The first-order valence-corrected chi connectivity index (χ1v) is 5.87. The molecule has 1 atom stereocenters. The number of hydrogen-bond donors (Lipinski definition) is 0. The molecule has 0 spiro atoms. The van der Waals surface area contributed by atoms with Crippen LogP contribution in [0.4, 0.5) is 0 Å². The van der Waals surface area contributed by atoms with Crippen LogP contribution in [-0.4, -0.2) is 9.39 Å². The van der Waals surface area contributed by atoms with Crippen molar-refractivity contribution in [2.24, 2.45) is 0 Å². The largest absolute Gasteiger partial charge is 0.347 e. The molecule has 74 valence electrons. The van der Waals surface area contributed by atoms with Crippen molar-refractivity contribution in [3.8, 4) is 0 Å². The molecule has 1 unspecified atom stereocenters. The number of alkyl halides is 1. The lowest BCUT2D eigenvalue weighted by molar-refractivity contribution is 0.664. The van der Waals surface area contributed by atoms with Gasteiger partial charge in [-0.25, -0.2) is 0 Å². The second-order valence-electron chi connectivity index (χ2n) is 3.64. The summed E-state index contributed by atoms with van der Waals surface area (Å²) in [6, 6.07) is 10.7. The van der Waals surface area contributed by atoms with Crippen molar-refractivity contribution < 1.29 is 0 Å². The van der Waals surface area contributed by atoms with E-state index in [2.05, 4.69) is 63.9 Å². The van der Waals surface area contributed by atoms with E-state index in [-0.39, 0.29) is 0 Å². The van der Waals surface area contributed by atoms with Crippen molar-refractivity contribution >= 4 is 26.8 Å². The molecule has 1 aromatic heterocycles. The van der Waals surface area contributed by atoms with Gasteiger partial charge in [-0.15, -0.1) is 0 Å². The lowest BCUT2D eigenvalue weighted by atomic mass is 10.2. The van der Waals surface area contributed by atoms with Gasteiger partial charge in [-0.1, -0.05) is 41.1 Å². The van der Waals surface area contributed by atoms with Gasteiger partial charge in [0.1, 0.15) is 0 Å². The van der Waals surface area contributed by atoms with Crippen molar-refractivity contribution in [2.75, 3.05) is 0 Å². The topological polar surface area (TPSA) is 4.93 Å². The maximum absolute atomic E-state index is 3.57. The average Bonchev–Trinajstić information content (AvgIpc) is 2.58. The Morgan fingerprint density at radius 2 is 2.07 bits per heavy atom. The van der Waals surface area contributed by atoms with Gasteiger partial charge < -0.3 is 4.57 Å². The standard InChI is InChI=1S/C12H14BrN/c1-10(13)6-8-14-9-7-11-4-2-3-5-12(11)14/h2-5,7,9-10H,6,8H2,1H3. The Bertz CT molecular complexity index is 417. The molecule has 14 heavy (non-hydrogen) atoms. The number of halogens is 1. The van der Waals surface area contributed by atoms with Crippen molar-refractivity contribution in [2.45, 2.75) is 24.7 Å². The molecule has 1 aromatic carbocycles. The Morgan fingerprint density at radius 1 is 1.29 bits per heavy atom. The Kier molecular flexibility index (Phi) is 2.92. The molecule has 0 radical (unpaired) electrons. The predicted octanol–water partition coefficient (Wildman–Crippen LogP) is 3.81. The van der Waals surface area contributed by atoms with Gasteiger partial charge in [0.05, 0.1) is 0 Å². The molecule has 2 aromatic rings. The third-order valence-corrected chi connectivity index (χ3v) is 2.91. The summed E-state index contributed by atoms with van der Waals surface area (Å²) in [6.07, 6.45) is 3.33. The second kappa shape index (κ2) is 4.18. The molecule has 0 aliphatic heterocycles. The highest BCUT2D eigenvalue weighted by molar-refractivity contribution is 9.09. The van der Waals surface area contributed by atoms with Gasteiger partial charge in [0.2, 0.25) is 0 Å². The number of rotatable bonds is 3. The first kappa shape index (κ1) is 9.78. The third kappa shape index (κ3) is 2.01. The van der Waals surface area contributed by atoms with Crippen LogP contribution in [0.25, 0.3) is 10.9 Å². The van der Waals surface area contributed by atoms with E-state index in [1.807, 2.05) is 0 Å². The molecule has 0 fully saturated rings. The SMILES string of the molecule is CC(Br)CCn1ccc2ccccc21. The number of fused-ring (bicyclic) bond motifs is 1. The fourth-order valence-electron chi connectivity index (χ4n) is 1.65. The predicted molar refractivity (Wildman–Crippen MR) is 64.9 cm³/mol. The van der Waals surface area contributed by atoms with E-state index in [4.69, 9.17) is 0 Å². The first-order chi connectivity index (χ1) is 6.77. The van der Waals surface area contributed by atoms with E-state index in [0.29, 0.717) is 4.83 Å². The van der Waals surface area contributed by atoms with Crippen molar-refractivity contribution in [3.63, 3.8) is 0 Å². The molecule has 1 nitrogen and oxygen atoms in total. The summed E-state index contributed by atoms with van der Waals surface area (Å²) in [5, 5.41) is 1.33. The first-order valence-electron chi connectivity index (χ1n) is 4.95. The second-order valence-corrected chi connectivity index (χ2v) is 5.20. The molecular weight excluding hydrogens is 238 g/mol. The Morgan fingerprint density at radius 3 is 2.86 bits per heavy atom. The van der Waals surface area contributed by atoms with Gasteiger partial charge in [-0.3, -0.25) is 0 Å². The van der Waals surface area contributed by atoms with Gasteiger partial charge in [0.25, 0.3) is 0 Å². The fraction of sp³-hybridized carbons (Fsp3) is 0.333. The van der Waals surface area contributed by atoms with E-state index in [0.717, 1.165) is 6.54 Å². The van der Waals surface area contributed by atoms with Crippen LogP contribution in [0.3, 0.4) is 0 Å². The van der Waals surface area contributed by atoms with Crippen LogP contribution in [0.15, 0.2) is 36.5 Å². The Balaban J connectivity index is 2.25. The van der Waals surface area contributed by atoms with Crippen molar-refractivity contribution in [1.82, 2.24) is 4.57 Å². The van der Waals surface area contributed by atoms with Crippen molar-refractivity contribution in [3.05, 3.63) is 36.5 Å². The van der Waals surface area contributed by atoms with Crippen LogP contribution in [0, 0.1) is 0 Å². The smallest absolute Gasteiger partial charge is 0.0480 e. The highest BCUT2D eigenvalue weighted by Crippen LogP contribution is 2.16. The van der Waals surface area contributed by atoms with Crippen LogP contribution in [0.5, 0.6) is 0 Å². The Hall–Kier alpha value is -0.760. The minimum Gasteiger partial charge on any atom is -0.347 e. The average molecular weight is 252 g/mol. The molecule has 2 heteroatoms.